The van der Waals surface area contributed by atoms with Gasteiger partial charge in [-0.15, -0.1) is 15.0 Å². The predicted octanol–water partition coefficient (Wildman–Crippen LogP) is 0.616. The van der Waals surface area contributed by atoms with Crippen molar-refractivity contribution in [3.63, 3.8) is 0 Å². The minimum Gasteiger partial charge on any atom is -0.491 e. The van der Waals surface area contributed by atoms with Gasteiger partial charge in [0.05, 0.1) is 17.1 Å². The molecule has 0 saturated carbocycles. The number of rotatable bonds is 21. The van der Waals surface area contributed by atoms with Gasteiger partial charge in [-0.2, -0.15) is 0 Å². The summed E-state index contributed by atoms with van der Waals surface area (Å²) < 4.78 is 33.6. The molecule has 0 spiro atoms. The minimum atomic E-state index is -1.22. The van der Waals surface area contributed by atoms with Crippen molar-refractivity contribution in [1.29, 1.82) is 0 Å². The molecule has 4 heterocycles. The van der Waals surface area contributed by atoms with Gasteiger partial charge < -0.3 is 43.7 Å². The lowest BCUT2D eigenvalue weighted by Gasteiger charge is -2.17. The lowest BCUT2D eigenvalue weighted by Crippen LogP contribution is -2.29. The molecule has 3 aliphatic rings. The number of amides is 6. The van der Waals surface area contributed by atoms with E-state index in [-0.39, 0.29) is 57.7 Å². The van der Waals surface area contributed by atoms with Crippen LogP contribution in [0.4, 0.5) is 17.1 Å². The van der Waals surface area contributed by atoms with Crippen molar-refractivity contribution >= 4 is 52.5 Å². The van der Waals surface area contributed by atoms with Crippen molar-refractivity contribution in [2.75, 3.05) is 54.3 Å². The van der Waals surface area contributed by atoms with E-state index in [0.29, 0.717) is 34.3 Å². The second-order valence-corrected chi connectivity index (χ2v) is 13.5. The van der Waals surface area contributed by atoms with Crippen LogP contribution in [0.25, 0.3) is 0 Å². The minimum absolute atomic E-state index is 0.248. The number of hydrogen-bond acceptors (Lipinski definition) is 18. The third-order valence-electron chi connectivity index (χ3n) is 8.83. The van der Waals surface area contributed by atoms with Crippen LogP contribution in [0.15, 0.2) is 109 Å². The molecule has 7 rings (SSSR count). The molecule has 63 heavy (non-hydrogen) atoms. The fourth-order valence-corrected chi connectivity index (χ4v) is 5.79. The van der Waals surface area contributed by atoms with Crippen molar-refractivity contribution in [3.8, 4) is 35.3 Å². The monoisotopic (exact) mass is 864 g/mol. The molecule has 0 aliphatic carbocycles. The van der Waals surface area contributed by atoms with Crippen LogP contribution in [0, 0.1) is 0 Å². The molecule has 6 amide bonds. The Bertz CT molecular complexity index is 2120. The van der Waals surface area contributed by atoms with E-state index >= 15 is 0 Å². The molecule has 0 fully saturated rings. The zero-order valence-corrected chi connectivity index (χ0v) is 32.8. The number of aliphatic hydroxyl groups is 3. The summed E-state index contributed by atoms with van der Waals surface area (Å²) in [6.45, 7) is -1.91. The van der Waals surface area contributed by atoms with Gasteiger partial charge in [0.2, 0.25) is 0 Å². The highest BCUT2D eigenvalue weighted by Crippen LogP contribution is 2.25. The van der Waals surface area contributed by atoms with E-state index in [4.69, 9.17) is 28.4 Å². The molecule has 3 aromatic carbocycles. The maximum Gasteiger partial charge on any atom is 0.325 e. The Balaban J connectivity index is 0.924. The fourth-order valence-electron chi connectivity index (χ4n) is 5.79. The molecule has 4 aromatic rings. The average molecular weight is 865 g/mol. The van der Waals surface area contributed by atoms with Crippen LogP contribution in [0.1, 0.15) is 0 Å². The van der Waals surface area contributed by atoms with Gasteiger partial charge in [0.1, 0.15) is 75.2 Å². The van der Waals surface area contributed by atoms with Crippen LogP contribution in [0.3, 0.4) is 0 Å². The van der Waals surface area contributed by atoms with Gasteiger partial charge >= 0.3 is 18.0 Å². The third kappa shape index (κ3) is 11.0. The number of ether oxygens (including phenoxy) is 6. The summed E-state index contributed by atoms with van der Waals surface area (Å²) in [6.07, 6.45) is 3.34. The first-order valence-electron chi connectivity index (χ1n) is 19.0. The molecule has 3 aliphatic heterocycles. The summed E-state index contributed by atoms with van der Waals surface area (Å²) in [5.41, 5.74) is 1.03. The molecular weight excluding hydrogens is 828 g/mol. The molecular formula is C42H36N6O15. The molecule has 1 aromatic heterocycles. The Hall–Kier alpha value is -8.01. The van der Waals surface area contributed by atoms with E-state index in [1.165, 1.54) is 109 Å². The van der Waals surface area contributed by atoms with E-state index in [2.05, 4.69) is 15.0 Å². The first kappa shape index (κ1) is 43.1. The highest BCUT2D eigenvalue weighted by molar-refractivity contribution is 6.29. The van der Waals surface area contributed by atoms with Gasteiger partial charge in [-0.25, -0.2) is 14.7 Å². The Morgan fingerprint density at radius 1 is 0.349 bits per heavy atom. The van der Waals surface area contributed by atoms with E-state index in [9.17, 15) is 44.1 Å². The van der Waals surface area contributed by atoms with Crippen LogP contribution in [0.2, 0.25) is 0 Å². The number of aromatic nitrogens is 3. The molecule has 21 heteroatoms. The third-order valence-corrected chi connectivity index (χ3v) is 8.83. The Morgan fingerprint density at radius 3 is 0.778 bits per heavy atom. The fraction of sp³-hybridized carbons (Fsp3) is 0.214. The zero-order valence-electron chi connectivity index (χ0n) is 32.8. The van der Waals surface area contributed by atoms with Gasteiger partial charge in [0.15, 0.2) is 0 Å². The summed E-state index contributed by atoms with van der Waals surface area (Å²) in [5.74, 6) is -1.83. The molecule has 3 unspecified atom stereocenters. The largest absolute Gasteiger partial charge is 0.491 e. The van der Waals surface area contributed by atoms with Crippen LogP contribution < -0.4 is 43.1 Å². The zero-order chi connectivity index (χ0) is 44.5. The number of carbonyl (C=O) groups is 6. The van der Waals surface area contributed by atoms with Crippen LogP contribution in [0.5, 0.6) is 35.3 Å². The molecule has 0 saturated heterocycles. The van der Waals surface area contributed by atoms with Crippen LogP contribution in [-0.4, -0.2) is 124 Å². The number of imide groups is 3. The molecule has 324 valence electrons. The van der Waals surface area contributed by atoms with Gasteiger partial charge in [0.25, 0.3) is 35.4 Å². The predicted molar refractivity (Wildman–Crippen MR) is 215 cm³/mol. The van der Waals surface area contributed by atoms with Crippen molar-refractivity contribution in [2.45, 2.75) is 18.3 Å². The Kier molecular flexibility index (Phi) is 13.4. The first-order valence-corrected chi connectivity index (χ1v) is 19.0. The first-order chi connectivity index (χ1) is 30.4. The normalized spacial score (nSPS) is 16.0. The van der Waals surface area contributed by atoms with Crippen molar-refractivity contribution in [3.05, 3.63) is 109 Å². The van der Waals surface area contributed by atoms with Crippen molar-refractivity contribution in [1.82, 2.24) is 15.0 Å². The van der Waals surface area contributed by atoms with E-state index in [1.807, 2.05) is 0 Å². The smallest absolute Gasteiger partial charge is 0.325 e. The molecule has 0 radical (unpaired) electrons. The van der Waals surface area contributed by atoms with Crippen LogP contribution >= 0.6 is 0 Å². The maximum absolute atomic E-state index is 12.0. The Labute approximate surface area is 356 Å². The van der Waals surface area contributed by atoms with Crippen molar-refractivity contribution in [2.24, 2.45) is 0 Å². The standard InChI is InChI=1S/C42H36N6O15/c49-28(19-58-31-7-1-25(2-8-31)46-34(52)13-14-35(46)53)22-61-40-43-41(62-23-29(50)20-59-32-9-3-26(4-10-32)47-36(54)15-16-37(47)55)45-42(44-40)63-24-30(51)21-60-33-11-5-27(6-12-33)48-38(56)17-18-39(48)57/h1-18,28-30,49-51H,19-24H2. The Morgan fingerprint density at radius 2 is 0.556 bits per heavy atom. The second-order valence-electron chi connectivity index (χ2n) is 13.5. The van der Waals surface area contributed by atoms with Gasteiger partial charge in [-0.1, -0.05) is 0 Å². The summed E-state index contributed by atoms with van der Waals surface area (Å²) in [4.78, 5) is 86.9. The SMILES string of the molecule is O=C1C=CC(=O)N1c1ccc(OCC(O)COc2nc(OCC(O)COc3ccc(N4C(=O)C=CC4=O)cc3)nc(OCC(O)COc3ccc(N4C(=O)C=CC4=O)cc3)n2)cc1. The van der Waals surface area contributed by atoms with E-state index in [0.717, 1.165) is 14.7 Å². The molecule has 3 atom stereocenters. The van der Waals surface area contributed by atoms with Crippen molar-refractivity contribution < 1.29 is 72.5 Å². The second kappa shape index (κ2) is 19.6. The topological polar surface area (TPSA) is 267 Å². The summed E-state index contributed by atoms with van der Waals surface area (Å²) in [5, 5.41) is 31.8. The number of aliphatic hydroxyl groups excluding tert-OH is 3. The number of anilines is 3. The quantitative estimate of drug-likeness (QED) is 0.0969. The number of hydrogen-bond donors (Lipinski definition) is 3. The number of nitrogens with zero attached hydrogens (tertiary/aromatic N) is 6. The van der Waals surface area contributed by atoms with E-state index in [1.54, 1.807) is 0 Å². The number of benzene rings is 3. The summed E-state index contributed by atoms with van der Waals surface area (Å²) >= 11 is 0. The summed E-state index contributed by atoms with van der Waals surface area (Å²) in [6, 6.07) is 17.1. The molecule has 3 N–H and O–H groups in total. The van der Waals surface area contributed by atoms with E-state index < -0.39 is 53.8 Å². The lowest BCUT2D eigenvalue weighted by molar-refractivity contribution is -0.121. The summed E-state index contributed by atoms with van der Waals surface area (Å²) in [7, 11) is 0. The maximum atomic E-state index is 12.0. The van der Waals surface area contributed by atoms with Gasteiger partial charge in [-0.05, 0) is 72.8 Å². The van der Waals surface area contributed by atoms with Gasteiger partial charge in [-0.3, -0.25) is 28.8 Å². The highest BCUT2D eigenvalue weighted by Gasteiger charge is 2.27. The molecule has 21 nitrogen and oxygen atoms in total. The average Bonchev–Trinajstić information content (AvgIpc) is 3.94. The number of carbonyl (C=O) groups excluding carboxylic acids is 6. The van der Waals surface area contributed by atoms with Gasteiger partial charge in [0, 0.05) is 36.5 Å². The lowest BCUT2D eigenvalue weighted by atomic mass is 10.2. The van der Waals surface area contributed by atoms with Crippen LogP contribution in [-0.2, 0) is 28.8 Å². The molecule has 0 bridgehead atoms. The highest BCUT2D eigenvalue weighted by atomic mass is 16.6.